The number of aliphatic hydroxyl groups excluding tert-OH is 1. The van der Waals surface area contributed by atoms with Crippen molar-refractivity contribution in [1.82, 2.24) is 0 Å². The van der Waals surface area contributed by atoms with E-state index >= 15 is 0 Å². The zero-order valence-corrected chi connectivity index (χ0v) is 7.46. The summed E-state index contributed by atoms with van der Waals surface area (Å²) in [5, 5.41) is 9.81. The van der Waals surface area contributed by atoms with Gasteiger partial charge in [-0.3, -0.25) is 0 Å². The minimum Gasteiger partial charge on any atom is -0.452 e. The second-order valence-electron chi connectivity index (χ2n) is 3.12. The van der Waals surface area contributed by atoms with E-state index < -0.39 is 18.2 Å². The number of benzene rings is 1. The molecule has 0 amide bonds. The Morgan fingerprint density at radius 1 is 1.29 bits per heavy atom. The van der Waals surface area contributed by atoms with Crippen LogP contribution >= 0.6 is 0 Å². The summed E-state index contributed by atoms with van der Waals surface area (Å²) in [6, 6.07) is 9.13. The highest BCUT2D eigenvalue weighted by Crippen LogP contribution is 2.22. The quantitative estimate of drug-likeness (QED) is 0.713. The number of rotatable bonds is 2. The smallest absolute Gasteiger partial charge is 0.331 e. The van der Waals surface area contributed by atoms with Crippen molar-refractivity contribution in [1.29, 1.82) is 0 Å². The van der Waals surface area contributed by atoms with Crippen LogP contribution in [0.5, 0.6) is 0 Å². The molecule has 2 rings (SSSR count). The van der Waals surface area contributed by atoms with Crippen LogP contribution in [-0.2, 0) is 9.53 Å². The summed E-state index contributed by atoms with van der Waals surface area (Å²) < 4.78 is 4.88. The normalized spacial score (nSPS) is 22.1. The highest BCUT2D eigenvalue weighted by Gasteiger charge is 2.25. The summed E-state index contributed by atoms with van der Waals surface area (Å²) >= 11 is 0. The zero-order chi connectivity index (χ0) is 9.97. The Bertz CT molecular complexity index is 356. The maximum atomic E-state index is 10.8. The number of ether oxygens (including phenoxy) is 1. The first-order valence-electron chi connectivity index (χ1n) is 4.39. The van der Waals surface area contributed by atoms with Gasteiger partial charge in [-0.05, 0) is 11.6 Å². The van der Waals surface area contributed by atoms with Crippen LogP contribution in [0.15, 0.2) is 42.5 Å². The third-order valence-corrected chi connectivity index (χ3v) is 2.13. The minimum atomic E-state index is -0.779. The summed E-state index contributed by atoms with van der Waals surface area (Å²) in [6.07, 6.45) is 1.57. The second kappa shape index (κ2) is 3.64. The van der Waals surface area contributed by atoms with Gasteiger partial charge in [0.15, 0.2) is 6.10 Å². The number of aliphatic hydroxyl groups is 1. The van der Waals surface area contributed by atoms with Gasteiger partial charge in [-0.1, -0.05) is 30.3 Å². The van der Waals surface area contributed by atoms with Crippen LogP contribution in [0.2, 0.25) is 0 Å². The zero-order valence-electron chi connectivity index (χ0n) is 7.46. The fourth-order valence-corrected chi connectivity index (χ4v) is 1.40. The molecule has 1 heterocycles. The molecule has 3 nitrogen and oxygen atoms in total. The van der Waals surface area contributed by atoms with E-state index in [1.807, 2.05) is 18.2 Å². The Hall–Kier alpha value is -1.61. The molecule has 0 spiro atoms. The molecular formula is C11H10O3. The van der Waals surface area contributed by atoms with E-state index in [9.17, 15) is 9.90 Å². The fraction of sp³-hybridized carbons (Fsp3) is 0.182. The first-order valence-corrected chi connectivity index (χ1v) is 4.39. The Morgan fingerprint density at radius 3 is 2.57 bits per heavy atom. The number of carbonyl (C=O) groups excluding carboxylic acids is 1. The van der Waals surface area contributed by atoms with E-state index in [4.69, 9.17) is 4.74 Å². The predicted octanol–water partition coefficient (Wildman–Crippen LogP) is 1.20. The van der Waals surface area contributed by atoms with Crippen molar-refractivity contribution in [3.05, 3.63) is 48.0 Å². The molecule has 3 heteroatoms. The number of hydrogen-bond acceptors (Lipinski definition) is 3. The van der Waals surface area contributed by atoms with E-state index in [1.165, 1.54) is 6.08 Å². The average Bonchev–Trinajstić information content (AvgIpc) is 2.65. The molecule has 1 aliphatic heterocycles. The van der Waals surface area contributed by atoms with Gasteiger partial charge in [0.1, 0.15) is 6.10 Å². The summed E-state index contributed by atoms with van der Waals surface area (Å²) in [6.45, 7) is 0. The molecule has 0 radical (unpaired) electrons. The lowest BCUT2D eigenvalue weighted by Crippen LogP contribution is -2.17. The van der Waals surface area contributed by atoms with Crippen LogP contribution in [0.25, 0.3) is 0 Å². The number of esters is 1. The van der Waals surface area contributed by atoms with Gasteiger partial charge in [-0.25, -0.2) is 4.79 Å². The van der Waals surface area contributed by atoms with Crippen molar-refractivity contribution < 1.29 is 14.6 Å². The van der Waals surface area contributed by atoms with Crippen molar-refractivity contribution in [2.75, 3.05) is 0 Å². The maximum Gasteiger partial charge on any atom is 0.331 e. The predicted molar refractivity (Wildman–Crippen MR) is 50.4 cm³/mol. The van der Waals surface area contributed by atoms with Gasteiger partial charge < -0.3 is 9.84 Å². The first kappa shape index (κ1) is 8.97. The first-order chi connectivity index (χ1) is 6.77. The Balaban J connectivity index is 2.13. The summed E-state index contributed by atoms with van der Waals surface area (Å²) in [5.41, 5.74) is 0.747. The van der Waals surface area contributed by atoms with E-state index in [0.29, 0.717) is 0 Å². The molecule has 72 valence electrons. The Labute approximate surface area is 81.6 Å². The third-order valence-electron chi connectivity index (χ3n) is 2.13. The Morgan fingerprint density at radius 2 is 2.00 bits per heavy atom. The van der Waals surface area contributed by atoms with Gasteiger partial charge in [0.25, 0.3) is 0 Å². The van der Waals surface area contributed by atoms with Gasteiger partial charge >= 0.3 is 5.97 Å². The summed E-state index contributed by atoms with van der Waals surface area (Å²) in [4.78, 5) is 10.8. The largest absolute Gasteiger partial charge is 0.452 e. The van der Waals surface area contributed by atoms with Gasteiger partial charge in [0.2, 0.25) is 0 Å². The molecule has 0 aliphatic carbocycles. The van der Waals surface area contributed by atoms with E-state index in [2.05, 4.69) is 0 Å². The molecule has 14 heavy (non-hydrogen) atoms. The molecule has 0 saturated carbocycles. The SMILES string of the molecule is O=C1C=C[C@H]([C@@H](O)c2ccccc2)O1. The average molecular weight is 190 g/mol. The van der Waals surface area contributed by atoms with Crippen LogP contribution in [0.1, 0.15) is 11.7 Å². The molecule has 0 bridgehead atoms. The number of hydrogen-bond donors (Lipinski definition) is 1. The summed E-state index contributed by atoms with van der Waals surface area (Å²) in [5.74, 6) is -0.398. The maximum absolute atomic E-state index is 10.8. The lowest BCUT2D eigenvalue weighted by molar-refractivity contribution is -0.142. The van der Waals surface area contributed by atoms with Crippen LogP contribution in [0.4, 0.5) is 0 Å². The number of carbonyl (C=O) groups is 1. The van der Waals surface area contributed by atoms with Crippen LogP contribution in [-0.4, -0.2) is 17.2 Å². The highest BCUT2D eigenvalue weighted by molar-refractivity contribution is 5.84. The van der Waals surface area contributed by atoms with Crippen LogP contribution in [0.3, 0.4) is 0 Å². The lowest BCUT2D eigenvalue weighted by atomic mass is 10.1. The number of cyclic esters (lactones) is 1. The summed E-state index contributed by atoms with van der Waals surface area (Å²) in [7, 11) is 0. The van der Waals surface area contributed by atoms with Crippen molar-refractivity contribution in [3.63, 3.8) is 0 Å². The van der Waals surface area contributed by atoms with Crippen LogP contribution < -0.4 is 0 Å². The molecular weight excluding hydrogens is 180 g/mol. The molecule has 0 saturated heterocycles. The van der Waals surface area contributed by atoms with Gasteiger partial charge in [-0.2, -0.15) is 0 Å². The molecule has 1 aromatic rings. The van der Waals surface area contributed by atoms with E-state index in [0.717, 1.165) is 5.56 Å². The molecule has 0 fully saturated rings. The lowest BCUT2D eigenvalue weighted by Gasteiger charge is -2.16. The molecule has 2 atom stereocenters. The van der Waals surface area contributed by atoms with Gasteiger partial charge in [0, 0.05) is 6.08 Å². The van der Waals surface area contributed by atoms with Gasteiger partial charge in [0.05, 0.1) is 0 Å². The molecule has 0 unspecified atom stereocenters. The van der Waals surface area contributed by atoms with E-state index in [-0.39, 0.29) is 0 Å². The topological polar surface area (TPSA) is 46.5 Å². The van der Waals surface area contributed by atoms with Crippen molar-refractivity contribution in [3.8, 4) is 0 Å². The molecule has 1 aliphatic rings. The van der Waals surface area contributed by atoms with Crippen molar-refractivity contribution >= 4 is 5.97 Å². The monoisotopic (exact) mass is 190 g/mol. The van der Waals surface area contributed by atoms with Crippen molar-refractivity contribution in [2.45, 2.75) is 12.2 Å². The van der Waals surface area contributed by atoms with Gasteiger partial charge in [-0.15, -0.1) is 0 Å². The standard InChI is InChI=1S/C11H10O3/c12-10-7-6-9(14-10)11(13)8-4-2-1-3-5-8/h1-7,9,11,13H/t9-,11+/m1/s1. The van der Waals surface area contributed by atoms with Crippen molar-refractivity contribution in [2.24, 2.45) is 0 Å². The third kappa shape index (κ3) is 1.67. The van der Waals surface area contributed by atoms with E-state index in [1.54, 1.807) is 18.2 Å². The highest BCUT2D eigenvalue weighted by atomic mass is 16.6. The minimum absolute atomic E-state index is 0.398. The molecule has 1 aromatic carbocycles. The van der Waals surface area contributed by atoms with Crippen LogP contribution in [0, 0.1) is 0 Å². The fourth-order valence-electron chi connectivity index (χ4n) is 1.40. The molecule has 1 N–H and O–H groups in total. The Kier molecular flexibility index (Phi) is 2.33. The second-order valence-corrected chi connectivity index (χ2v) is 3.12. The molecule has 0 aromatic heterocycles.